The number of fused-ring (bicyclic) bond motifs is 1. The fraction of sp³-hybridized carbons (Fsp3) is 0.412. The molecule has 1 aliphatic heterocycles. The number of carbonyl (C=O) groups is 2. The molecule has 1 saturated heterocycles. The molecule has 2 amide bonds. The number of furan rings is 1. The lowest BCUT2D eigenvalue weighted by molar-refractivity contribution is -0.134. The van der Waals surface area contributed by atoms with E-state index in [0.717, 1.165) is 40.7 Å². The fourth-order valence-corrected chi connectivity index (χ4v) is 3.14. The van der Waals surface area contributed by atoms with E-state index >= 15 is 0 Å². The number of hydrogen-bond donors (Lipinski definition) is 1. The molecular formula is C17H19NO4. The standard InChI is InChI=1S/C17H19NO4/c1-3-4-11-13(21-2)6-7-14-16(11)12(9-22-14)10-5-8-15(19)18-17(10)20/h6-7,9-10H,3-5,8H2,1-2H3,(H,18,19,20). The van der Waals surface area contributed by atoms with Crippen LogP contribution >= 0.6 is 0 Å². The van der Waals surface area contributed by atoms with Crippen molar-refractivity contribution in [1.82, 2.24) is 5.32 Å². The summed E-state index contributed by atoms with van der Waals surface area (Å²) in [6.07, 6.45) is 4.33. The molecule has 0 spiro atoms. The maximum atomic E-state index is 12.2. The lowest BCUT2D eigenvalue weighted by atomic mass is 9.88. The van der Waals surface area contributed by atoms with Gasteiger partial charge < -0.3 is 9.15 Å². The van der Waals surface area contributed by atoms with Crippen LogP contribution in [0, 0.1) is 0 Å². The van der Waals surface area contributed by atoms with E-state index < -0.39 is 0 Å². The first-order chi connectivity index (χ1) is 10.7. The Labute approximate surface area is 128 Å². The number of piperidine rings is 1. The second kappa shape index (κ2) is 5.83. The number of amides is 2. The Balaban J connectivity index is 2.14. The van der Waals surface area contributed by atoms with Crippen LogP contribution in [0.25, 0.3) is 11.0 Å². The Bertz CT molecular complexity index is 732. The third kappa shape index (κ3) is 2.36. The zero-order valence-electron chi connectivity index (χ0n) is 12.8. The molecule has 0 saturated carbocycles. The molecule has 1 aromatic heterocycles. The van der Waals surface area contributed by atoms with Crippen molar-refractivity contribution in [3.63, 3.8) is 0 Å². The van der Waals surface area contributed by atoms with Gasteiger partial charge in [0, 0.05) is 22.9 Å². The SMILES string of the molecule is CCCc1c(OC)ccc2occ(C3CCC(=O)NC3=O)c12. The first-order valence-corrected chi connectivity index (χ1v) is 7.56. The number of imide groups is 1. The van der Waals surface area contributed by atoms with Gasteiger partial charge in [0.25, 0.3) is 0 Å². The molecule has 0 aliphatic carbocycles. The Kier molecular flexibility index (Phi) is 3.88. The van der Waals surface area contributed by atoms with E-state index in [-0.39, 0.29) is 17.7 Å². The van der Waals surface area contributed by atoms with Gasteiger partial charge in [0.1, 0.15) is 11.3 Å². The second-order valence-corrected chi connectivity index (χ2v) is 5.56. The van der Waals surface area contributed by atoms with Crippen LogP contribution < -0.4 is 10.1 Å². The number of ether oxygens (including phenoxy) is 1. The second-order valence-electron chi connectivity index (χ2n) is 5.56. The van der Waals surface area contributed by atoms with Crippen LogP contribution in [0.2, 0.25) is 0 Å². The topological polar surface area (TPSA) is 68.5 Å². The molecule has 22 heavy (non-hydrogen) atoms. The number of hydrogen-bond acceptors (Lipinski definition) is 4. The average molecular weight is 301 g/mol. The number of rotatable bonds is 4. The largest absolute Gasteiger partial charge is 0.496 e. The van der Waals surface area contributed by atoms with Gasteiger partial charge in [-0.3, -0.25) is 14.9 Å². The lowest BCUT2D eigenvalue weighted by Crippen LogP contribution is -2.39. The molecule has 1 atom stereocenters. The molecule has 1 aliphatic rings. The molecule has 5 heteroatoms. The summed E-state index contributed by atoms with van der Waals surface area (Å²) in [7, 11) is 1.64. The molecule has 2 aromatic rings. The molecule has 1 N–H and O–H groups in total. The zero-order chi connectivity index (χ0) is 15.7. The Hall–Kier alpha value is -2.30. The molecule has 2 heterocycles. The summed E-state index contributed by atoms with van der Waals surface area (Å²) >= 11 is 0. The van der Waals surface area contributed by atoms with Crippen molar-refractivity contribution in [2.24, 2.45) is 0 Å². The summed E-state index contributed by atoms with van der Waals surface area (Å²) < 4.78 is 11.1. The van der Waals surface area contributed by atoms with E-state index in [0.29, 0.717) is 12.8 Å². The summed E-state index contributed by atoms with van der Waals surface area (Å²) in [6.45, 7) is 2.10. The van der Waals surface area contributed by atoms with Gasteiger partial charge in [-0.25, -0.2) is 0 Å². The van der Waals surface area contributed by atoms with Crippen molar-refractivity contribution < 1.29 is 18.7 Å². The normalized spacial score (nSPS) is 18.5. The highest BCUT2D eigenvalue weighted by molar-refractivity contribution is 6.03. The third-order valence-electron chi connectivity index (χ3n) is 4.17. The summed E-state index contributed by atoms with van der Waals surface area (Å²) in [5.41, 5.74) is 2.67. The third-order valence-corrected chi connectivity index (χ3v) is 4.17. The van der Waals surface area contributed by atoms with E-state index in [1.54, 1.807) is 13.4 Å². The van der Waals surface area contributed by atoms with E-state index in [1.807, 2.05) is 12.1 Å². The summed E-state index contributed by atoms with van der Waals surface area (Å²) in [6, 6.07) is 3.76. The van der Waals surface area contributed by atoms with Crippen LogP contribution in [0.4, 0.5) is 0 Å². The Morgan fingerprint density at radius 3 is 2.86 bits per heavy atom. The van der Waals surface area contributed by atoms with Crippen molar-refractivity contribution in [2.75, 3.05) is 7.11 Å². The quantitative estimate of drug-likeness (QED) is 0.882. The minimum Gasteiger partial charge on any atom is -0.496 e. The predicted molar refractivity (Wildman–Crippen MR) is 81.9 cm³/mol. The highest BCUT2D eigenvalue weighted by atomic mass is 16.5. The van der Waals surface area contributed by atoms with Crippen LogP contribution in [0.3, 0.4) is 0 Å². The van der Waals surface area contributed by atoms with Gasteiger partial charge in [0.2, 0.25) is 11.8 Å². The molecule has 1 aromatic carbocycles. The van der Waals surface area contributed by atoms with E-state index in [9.17, 15) is 9.59 Å². The van der Waals surface area contributed by atoms with Crippen molar-refractivity contribution in [3.8, 4) is 5.75 Å². The summed E-state index contributed by atoms with van der Waals surface area (Å²) in [5.74, 6) is 0.00980. The molecular weight excluding hydrogens is 282 g/mol. The van der Waals surface area contributed by atoms with Crippen LogP contribution in [0.15, 0.2) is 22.8 Å². The van der Waals surface area contributed by atoms with Crippen molar-refractivity contribution in [3.05, 3.63) is 29.5 Å². The maximum absolute atomic E-state index is 12.2. The van der Waals surface area contributed by atoms with Gasteiger partial charge in [-0.05, 0) is 25.0 Å². The highest BCUT2D eigenvalue weighted by Crippen LogP contribution is 2.38. The Morgan fingerprint density at radius 1 is 1.36 bits per heavy atom. The van der Waals surface area contributed by atoms with E-state index in [4.69, 9.17) is 9.15 Å². The first-order valence-electron chi connectivity index (χ1n) is 7.56. The lowest BCUT2D eigenvalue weighted by Gasteiger charge is -2.20. The number of aryl methyl sites for hydroxylation is 1. The molecule has 3 rings (SSSR count). The van der Waals surface area contributed by atoms with Gasteiger partial charge in [0.15, 0.2) is 0 Å². The van der Waals surface area contributed by atoms with E-state index in [2.05, 4.69) is 12.2 Å². The zero-order valence-corrected chi connectivity index (χ0v) is 12.8. The van der Waals surface area contributed by atoms with E-state index in [1.165, 1.54) is 0 Å². The fourth-order valence-electron chi connectivity index (χ4n) is 3.14. The van der Waals surface area contributed by atoms with Crippen LogP contribution in [-0.2, 0) is 16.0 Å². The summed E-state index contributed by atoms with van der Waals surface area (Å²) in [4.78, 5) is 23.5. The molecule has 116 valence electrons. The smallest absolute Gasteiger partial charge is 0.234 e. The van der Waals surface area contributed by atoms with Gasteiger partial charge >= 0.3 is 0 Å². The molecule has 0 bridgehead atoms. The molecule has 1 fully saturated rings. The van der Waals surface area contributed by atoms with Gasteiger partial charge in [-0.15, -0.1) is 0 Å². The number of carbonyl (C=O) groups excluding carboxylic acids is 2. The van der Waals surface area contributed by atoms with Crippen molar-refractivity contribution in [1.29, 1.82) is 0 Å². The number of methoxy groups -OCH3 is 1. The minimum absolute atomic E-state index is 0.208. The van der Waals surface area contributed by atoms with Crippen LogP contribution in [0.5, 0.6) is 5.75 Å². The van der Waals surface area contributed by atoms with Gasteiger partial charge in [-0.2, -0.15) is 0 Å². The van der Waals surface area contributed by atoms with Crippen LogP contribution in [-0.4, -0.2) is 18.9 Å². The molecule has 0 radical (unpaired) electrons. The van der Waals surface area contributed by atoms with Crippen molar-refractivity contribution >= 4 is 22.8 Å². The predicted octanol–water partition coefficient (Wildman–Crippen LogP) is 2.91. The Morgan fingerprint density at radius 2 is 2.18 bits per heavy atom. The first kappa shape index (κ1) is 14.6. The average Bonchev–Trinajstić information content (AvgIpc) is 2.92. The summed E-state index contributed by atoms with van der Waals surface area (Å²) in [5, 5.41) is 3.37. The molecule has 5 nitrogen and oxygen atoms in total. The van der Waals surface area contributed by atoms with Crippen LogP contribution in [0.1, 0.15) is 43.2 Å². The van der Waals surface area contributed by atoms with Gasteiger partial charge in [0.05, 0.1) is 19.3 Å². The van der Waals surface area contributed by atoms with Crippen molar-refractivity contribution in [2.45, 2.75) is 38.5 Å². The number of nitrogens with one attached hydrogen (secondary N) is 1. The highest BCUT2D eigenvalue weighted by Gasteiger charge is 2.31. The minimum atomic E-state index is -0.346. The molecule has 1 unspecified atom stereocenters. The monoisotopic (exact) mass is 301 g/mol. The number of benzene rings is 1. The van der Waals surface area contributed by atoms with Gasteiger partial charge in [-0.1, -0.05) is 13.3 Å². The maximum Gasteiger partial charge on any atom is 0.234 e.